The lowest BCUT2D eigenvalue weighted by molar-refractivity contribution is -0.133. The third kappa shape index (κ3) is 4.36. The van der Waals surface area contributed by atoms with Gasteiger partial charge in [-0.2, -0.15) is 8.42 Å². The van der Waals surface area contributed by atoms with Crippen LogP contribution in [0.3, 0.4) is 0 Å². The van der Waals surface area contributed by atoms with E-state index in [-0.39, 0.29) is 24.3 Å². The Hall–Kier alpha value is -1.86. The molecule has 0 saturated carbocycles. The minimum absolute atomic E-state index is 0.0594. The maximum absolute atomic E-state index is 13.3. The van der Waals surface area contributed by atoms with Crippen LogP contribution in [0.15, 0.2) is 23.8 Å². The number of hydrogen-bond acceptors (Lipinski definition) is 5. The minimum Gasteiger partial charge on any atom is -0.496 e. The van der Waals surface area contributed by atoms with Crippen LogP contribution in [0.2, 0.25) is 0 Å². The van der Waals surface area contributed by atoms with E-state index in [1.165, 1.54) is 5.57 Å². The summed E-state index contributed by atoms with van der Waals surface area (Å²) in [6.07, 6.45) is 4.34. The third-order valence-electron chi connectivity index (χ3n) is 6.05. The number of hydrogen-bond donors (Lipinski definition) is 0. The van der Waals surface area contributed by atoms with Gasteiger partial charge >= 0.3 is 0 Å². The summed E-state index contributed by atoms with van der Waals surface area (Å²) in [7, 11) is -1.83. The maximum Gasteiger partial charge on any atom is 0.264 e. The van der Waals surface area contributed by atoms with Crippen LogP contribution in [0.5, 0.6) is 5.75 Å². The van der Waals surface area contributed by atoms with Crippen LogP contribution in [0.25, 0.3) is 5.57 Å². The van der Waals surface area contributed by atoms with E-state index in [1.54, 1.807) is 7.11 Å². The van der Waals surface area contributed by atoms with Crippen molar-refractivity contribution >= 4 is 21.6 Å². The molecule has 29 heavy (non-hydrogen) atoms. The fourth-order valence-electron chi connectivity index (χ4n) is 4.83. The van der Waals surface area contributed by atoms with Gasteiger partial charge in [-0.1, -0.05) is 17.7 Å². The van der Waals surface area contributed by atoms with Crippen LogP contribution in [0, 0.1) is 5.92 Å². The van der Waals surface area contributed by atoms with Crippen molar-refractivity contribution in [3.05, 3.63) is 34.9 Å². The molecule has 0 heterocycles. The van der Waals surface area contributed by atoms with Crippen LogP contribution in [0.4, 0.5) is 0 Å². The number of benzene rings is 1. The van der Waals surface area contributed by atoms with Crippen molar-refractivity contribution in [3.8, 4) is 5.75 Å². The number of nitrogens with zero attached hydrogens (tertiary/aromatic N) is 1. The highest BCUT2D eigenvalue weighted by atomic mass is 32.2. The van der Waals surface area contributed by atoms with Crippen LogP contribution in [-0.4, -0.2) is 52.3 Å². The molecule has 0 aromatic heterocycles. The summed E-state index contributed by atoms with van der Waals surface area (Å²) in [4.78, 5) is 15.2. The zero-order chi connectivity index (χ0) is 21.2. The Morgan fingerprint density at radius 3 is 2.59 bits per heavy atom. The normalized spacial score (nSPS) is 21.0. The summed E-state index contributed by atoms with van der Waals surface area (Å²) >= 11 is 0. The van der Waals surface area contributed by atoms with E-state index in [0.717, 1.165) is 48.0 Å². The summed E-state index contributed by atoms with van der Waals surface area (Å²) in [5.74, 6) is 0.839. The number of carbonyl (C=O) groups excluding carboxylic acids is 1. The average molecular weight is 422 g/mol. The highest BCUT2D eigenvalue weighted by Crippen LogP contribution is 2.54. The van der Waals surface area contributed by atoms with Crippen molar-refractivity contribution in [3.63, 3.8) is 0 Å². The first-order valence-corrected chi connectivity index (χ1v) is 12.2. The zero-order valence-electron chi connectivity index (χ0n) is 17.7. The molecule has 2 atom stereocenters. The fourth-order valence-corrected chi connectivity index (χ4v) is 5.23. The highest BCUT2D eigenvalue weighted by Gasteiger charge is 2.41. The van der Waals surface area contributed by atoms with Gasteiger partial charge in [-0.3, -0.25) is 8.98 Å². The molecule has 160 valence electrons. The molecule has 2 aliphatic rings. The zero-order valence-corrected chi connectivity index (χ0v) is 18.5. The SMILES string of the molecule is CCN(CC)C(=O)C1CCCC2=C1c1c(OC)cccc1C2CCOS(C)(=O)=O. The van der Waals surface area contributed by atoms with E-state index in [4.69, 9.17) is 8.92 Å². The van der Waals surface area contributed by atoms with E-state index in [2.05, 4.69) is 6.07 Å². The lowest BCUT2D eigenvalue weighted by atomic mass is 9.79. The van der Waals surface area contributed by atoms with Crippen LogP contribution < -0.4 is 4.74 Å². The number of ether oxygens (including phenoxy) is 1. The number of allylic oxidation sites excluding steroid dienone is 1. The third-order valence-corrected chi connectivity index (χ3v) is 6.65. The topological polar surface area (TPSA) is 72.9 Å². The molecule has 0 aliphatic heterocycles. The second-order valence-electron chi connectivity index (χ2n) is 7.69. The molecule has 0 saturated heterocycles. The Kier molecular flexibility index (Phi) is 6.69. The van der Waals surface area contributed by atoms with Crippen molar-refractivity contribution in [2.24, 2.45) is 5.92 Å². The van der Waals surface area contributed by atoms with E-state index in [0.29, 0.717) is 19.5 Å². The van der Waals surface area contributed by atoms with Gasteiger partial charge in [0.1, 0.15) is 5.75 Å². The van der Waals surface area contributed by atoms with E-state index in [1.807, 2.05) is 30.9 Å². The first-order chi connectivity index (χ1) is 13.8. The standard InChI is InChI=1S/C22H31NO5S/c1-5-23(6-2)22(24)18-11-7-9-16-15(13-14-28-29(4,25)26)17-10-8-12-19(27-3)21(17)20(16)18/h8,10,12,15,18H,5-7,9,11,13-14H2,1-4H3. The van der Waals surface area contributed by atoms with E-state index >= 15 is 0 Å². The second kappa shape index (κ2) is 8.88. The molecule has 0 radical (unpaired) electrons. The minimum atomic E-state index is -3.48. The number of amides is 1. The summed E-state index contributed by atoms with van der Waals surface area (Å²) in [5.41, 5.74) is 4.49. The van der Waals surface area contributed by atoms with E-state index in [9.17, 15) is 13.2 Å². The van der Waals surface area contributed by atoms with Gasteiger partial charge in [0.15, 0.2) is 0 Å². The molecule has 1 aromatic carbocycles. The number of fused-ring (bicyclic) bond motifs is 2. The molecule has 2 aliphatic carbocycles. The van der Waals surface area contributed by atoms with Crippen LogP contribution in [0.1, 0.15) is 56.6 Å². The molecule has 0 fully saturated rings. The Morgan fingerprint density at radius 1 is 1.24 bits per heavy atom. The second-order valence-corrected chi connectivity index (χ2v) is 9.33. The number of methoxy groups -OCH3 is 1. The summed E-state index contributed by atoms with van der Waals surface area (Å²) < 4.78 is 33.5. The largest absolute Gasteiger partial charge is 0.496 e. The van der Waals surface area contributed by atoms with Gasteiger partial charge in [-0.05, 0) is 56.7 Å². The molecule has 6 nitrogen and oxygen atoms in total. The first kappa shape index (κ1) is 21.8. The summed E-state index contributed by atoms with van der Waals surface area (Å²) in [5, 5.41) is 0. The molecular formula is C22H31NO5S. The summed E-state index contributed by atoms with van der Waals surface area (Å²) in [6.45, 7) is 5.53. The van der Waals surface area contributed by atoms with Gasteiger partial charge in [0, 0.05) is 24.6 Å². The molecule has 2 unspecified atom stereocenters. The van der Waals surface area contributed by atoms with Crippen molar-refractivity contribution in [2.45, 2.75) is 45.4 Å². The number of rotatable bonds is 8. The molecule has 3 rings (SSSR count). The molecule has 0 spiro atoms. The molecular weight excluding hydrogens is 390 g/mol. The van der Waals surface area contributed by atoms with Gasteiger partial charge in [-0.25, -0.2) is 0 Å². The van der Waals surface area contributed by atoms with Crippen molar-refractivity contribution in [2.75, 3.05) is 33.1 Å². The predicted molar refractivity (Wildman–Crippen MR) is 113 cm³/mol. The highest BCUT2D eigenvalue weighted by molar-refractivity contribution is 7.85. The number of carbonyl (C=O) groups is 1. The Balaban J connectivity index is 2.04. The maximum atomic E-state index is 13.3. The van der Waals surface area contributed by atoms with Gasteiger partial charge in [-0.15, -0.1) is 0 Å². The fraction of sp³-hybridized carbons (Fsp3) is 0.591. The van der Waals surface area contributed by atoms with Crippen molar-refractivity contribution in [1.82, 2.24) is 4.90 Å². The quantitative estimate of drug-likeness (QED) is 0.600. The van der Waals surface area contributed by atoms with Gasteiger partial charge in [0.2, 0.25) is 5.91 Å². The molecule has 7 heteroatoms. The van der Waals surface area contributed by atoms with Crippen molar-refractivity contribution < 1.29 is 22.1 Å². The predicted octanol–water partition coefficient (Wildman–Crippen LogP) is 3.58. The van der Waals surface area contributed by atoms with Gasteiger partial charge in [0.25, 0.3) is 10.1 Å². The Labute approximate surface area is 174 Å². The molecule has 0 N–H and O–H groups in total. The van der Waals surface area contributed by atoms with Gasteiger partial charge in [0.05, 0.1) is 25.9 Å². The Bertz CT molecular complexity index is 902. The molecule has 1 amide bonds. The Morgan fingerprint density at radius 2 is 1.97 bits per heavy atom. The molecule has 0 bridgehead atoms. The molecule has 1 aromatic rings. The lowest BCUT2D eigenvalue weighted by Gasteiger charge is -2.31. The van der Waals surface area contributed by atoms with E-state index < -0.39 is 10.1 Å². The van der Waals surface area contributed by atoms with Crippen LogP contribution >= 0.6 is 0 Å². The van der Waals surface area contributed by atoms with Gasteiger partial charge < -0.3 is 9.64 Å². The average Bonchev–Trinajstić information content (AvgIpc) is 3.02. The first-order valence-electron chi connectivity index (χ1n) is 10.4. The van der Waals surface area contributed by atoms with Crippen LogP contribution in [-0.2, 0) is 19.1 Å². The summed E-state index contributed by atoms with van der Waals surface area (Å²) in [6, 6.07) is 5.97. The monoisotopic (exact) mass is 421 g/mol. The van der Waals surface area contributed by atoms with Crippen molar-refractivity contribution in [1.29, 1.82) is 0 Å². The smallest absolute Gasteiger partial charge is 0.264 e. The lowest BCUT2D eigenvalue weighted by Crippen LogP contribution is -2.37.